The summed E-state index contributed by atoms with van der Waals surface area (Å²) >= 11 is 5.93. The predicted molar refractivity (Wildman–Crippen MR) is 45.8 cm³/mol. The SMILES string of the molecule is CN1c2occc2C=CC1Cl. The minimum absolute atomic E-state index is 0.0892. The highest BCUT2D eigenvalue weighted by Crippen LogP contribution is 2.29. The van der Waals surface area contributed by atoms with Crippen LogP contribution in [0.2, 0.25) is 0 Å². The Bertz CT molecular complexity index is 292. The van der Waals surface area contributed by atoms with Crippen LogP contribution in [0, 0.1) is 0 Å². The normalized spacial score (nSPS) is 22.0. The zero-order valence-electron chi connectivity index (χ0n) is 6.12. The maximum absolute atomic E-state index is 5.93. The summed E-state index contributed by atoms with van der Waals surface area (Å²) in [5.41, 5.74) is 0.998. The van der Waals surface area contributed by atoms with Gasteiger partial charge in [-0.15, -0.1) is 0 Å². The first-order valence-corrected chi connectivity index (χ1v) is 3.85. The second-order valence-corrected chi connectivity index (χ2v) is 2.97. The summed E-state index contributed by atoms with van der Waals surface area (Å²) in [4.78, 5) is 1.89. The number of rotatable bonds is 0. The van der Waals surface area contributed by atoms with E-state index in [1.165, 1.54) is 0 Å². The van der Waals surface area contributed by atoms with E-state index in [1.54, 1.807) is 6.26 Å². The van der Waals surface area contributed by atoms with Gasteiger partial charge in [-0.3, -0.25) is 0 Å². The molecular weight excluding hydrogens is 162 g/mol. The largest absolute Gasteiger partial charge is 0.448 e. The van der Waals surface area contributed by atoms with Crippen LogP contribution in [-0.2, 0) is 0 Å². The molecule has 2 nitrogen and oxygen atoms in total. The van der Waals surface area contributed by atoms with E-state index in [2.05, 4.69) is 0 Å². The highest BCUT2D eigenvalue weighted by molar-refractivity contribution is 6.23. The van der Waals surface area contributed by atoms with Crippen LogP contribution in [0.25, 0.3) is 6.08 Å². The molecule has 0 saturated carbocycles. The van der Waals surface area contributed by atoms with E-state index in [4.69, 9.17) is 16.0 Å². The van der Waals surface area contributed by atoms with E-state index in [9.17, 15) is 0 Å². The summed E-state index contributed by atoms with van der Waals surface area (Å²) in [6.07, 6.45) is 5.57. The van der Waals surface area contributed by atoms with Crippen LogP contribution in [-0.4, -0.2) is 12.5 Å². The molecule has 1 aliphatic heterocycles. The Kier molecular flexibility index (Phi) is 1.43. The van der Waals surface area contributed by atoms with Crippen LogP contribution < -0.4 is 4.90 Å². The first-order valence-electron chi connectivity index (χ1n) is 3.41. The lowest BCUT2D eigenvalue weighted by Gasteiger charge is -2.23. The molecule has 0 N–H and O–H groups in total. The van der Waals surface area contributed by atoms with Gasteiger partial charge in [0.2, 0.25) is 5.88 Å². The smallest absolute Gasteiger partial charge is 0.203 e. The summed E-state index contributed by atoms with van der Waals surface area (Å²) in [5, 5.41) is 0. The maximum Gasteiger partial charge on any atom is 0.203 e. The molecular formula is C8H8ClNO. The minimum Gasteiger partial charge on any atom is -0.448 e. The Morgan fingerprint density at radius 3 is 3.27 bits per heavy atom. The topological polar surface area (TPSA) is 16.4 Å². The van der Waals surface area contributed by atoms with Gasteiger partial charge >= 0.3 is 0 Å². The van der Waals surface area contributed by atoms with Gasteiger partial charge < -0.3 is 9.32 Å². The van der Waals surface area contributed by atoms with E-state index < -0.39 is 0 Å². The molecule has 1 atom stereocenters. The van der Waals surface area contributed by atoms with Crippen LogP contribution in [0.4, 0.5) is 5.88 Å². The molecule has 2 heterocycles. The standard InChI is InChI=1S/C8H8ClNO/c1-10-7(9)3-2-6-4-5-11-8(6)10/h2-5,7H,1H3. The Labute approximate surface area is 70.1 Å². The van der Waals surface area contributed by atoms with Crippen LogP contribution in [0.1, 0.15) is 5.56 Å². The zero-order valence-corrected chi connectivity index (χ0v) is 6.88. The lowest BCUT2D eigenvalue weighted by Crippen LogP contribution is -2.26. The summed E-state index contributed by atoms with van der Waals surface area (Å²) in [7, 11) is 1.91. The number of halogens is 1. The Morgan fingerprint density at radius 2 is 2.45 bits per heavy atom. The molecule has 0 bridgehead atoms. The Hall–Kier alpha value is -0.890. The first kappa shape index (κ1) is 6.80. The van der Waals surface area contributed by atoms with Crippen molar-refractivity contribution >= 4 is 23.6 Å². The maximum atomic E-state index is 5.93. The van der Waals surface area contributed by atoms with Crippen LogP contribution in [0.3, 0.4) is 0 Å². The molecule has 2 rings (SSSR count). The molecule has 1 aromatic heterocycles. The number of anilines is 1. The fourth-order valence-electron chi connectivity index (χ4n) is 1.15. The lowest BCUT2D eigenvalue weighted by atomic mass is 10.2. The summed E-state index contributed by atoms with van der Waals surface area (Å²) in [6, 6.07) is 1.92. The minimum atomic E-state index is -0.0892. The molecule has 1 unspecified atom stereocenters. The van der Waals surface area contributed by atoms with Crippen molar-refractivity contribution in [3.8, 4) is 0 Å². The number of fused-ring (bicyclic) bond motifs is 1. The third-order valence-electron chi connectivity index (χ3n) is 1.80. The van der Waals surface area contributed by atoms with Crippen molar-refractivity contribution in [2.24, 2.45) is 0 Å². The monoisotopic (exact) mass is 169 g/mol. The molecule has 1 aromatic rings. The average Bonchev–Trinajstić information content (AvgIpc) is 2.45. The van der Waals surface area contributed by atoms with Crippen molar-refractivity contribution in [2.45, 2.75) is 5.50 Å². The molecule has 58 valence electrons. The van der Waals surface area contributed by atoms with Gasteiger partial charge in [-0.25, -0.2) is 0 Å². The van der Waals surface area contributed by atoms with Gasteiger partial charge in [0.25, 0.3) is 0 Å². The van der Waals surface area contributed by atoms with Gasteiger partial charge in [-0.05, 0) is 12.1 Å². The summed E-state index contributed by atoms with van der Waals surface area (Å²) in [6.45, 7) is 0. The number of nitrogens with zero attached hydrogens (tertiary/aromatic N) is 1. The second-order valence-electron chi connectivity index (χ2n) is 2.52. The van der Waals surface area contributed by atoms with E-state index in [0.717, 1.165) is 11.4 Å². The second kappa shape index (κ2) is 2.31. The van der Waals surface area contributed by atoms with Crippen molar-refractivity contribution in [1.82, 2.24) is 0 Å². The number of furan rings is 1. The van der Waals surface area contributed by atoms with Gasteiger partial charge in [-0.1, -0.05) is 17.7 Å². The van der Waals surface area contributed by atoms with Crippen LogP contribution >= 0.6 is 11.6 Å². The van der Waals surface area contributed by atoms with Crippen LogP contribution in [0.15, 0.2) is 22.8 Å². The van der Waals surface area contributed by atoms with Gasteiger partial charge in [0, 0.05) is 12.6 Å². The number of likely N-dealkylation sites (N-methyl/N-ethyl adjacent to an activating group) is 1. The van der Waals surface area contributed by atoms with E-state index in [-0.39, 0.29) is 5.50 Å². The Morgan fingerprint density at radius 1 is 1.64 bits per heavy atom. The molecule has 0 saturated heterocycles. The molecule has 0 aliphatic carbocycles. The molecule has 0 amide bonds. The summed E-state index contributed by atoms with van der Waals surface area (Å²) in [5.74, 6) is 0.840. The predicted octanol–water partition coefficient (Wildman–Crippen LogP) is 2.31. The van der Waals surface area contributed by atoms with E-state index in [1.807, 2.05) is 30.2 Å². The average molecular weight is 170 g/mol. The van der Waals surface area contributed by atoms with Crippen molar-refractivity contribution in [3.63, 3.8) is 0 Å². The number of hydrogen-bond acceptors (Lipinski definition) is 2. The van der Waals surface area contributed by atoms with Gasteiger partial charge in [-0.2, -0.15) is 0 Å². The van der Waals surface area contributed by atoms with Crippen LogP contribution in [0.5, 0.6) is 0 Å². The lowest BCUT2D eigenvalue weighted by molar-refractivity contribution is 0.555. The molecule has 3 heteroatoms. The molecule has 0 fully saturated rings. The van der Waals surface area contributed by atoms with Gasteiger partial charge in [0.1, 0.15) is 5.50 Å². The summed E-state index contributed by atoms with van der Waals surface area (Å²) < 4.78 is 5.23. The highest BCUT2D eigenvalue weighted by atomic mass is 35.5. The van der Waals surface area contributed by atoms with Crippen molar-refractivity contribution in [2.75, 3.05) is 11.9 Å². The van der Waals surface area contributed by atoms with Crippen molar-refractivity contribution in [1.29, 1.82) is 0 Å². The van der Waals surface area contributed by atoms with Gasteiger partial charge in [0.15, 0.2) is 0 Å². The van der Waals surface area contributed by atoms with Crippen molar-refractivity contribution in [3.05, 3.63) is 24.0 Å². The Balaban J connectivity index is 2.48. The van der Waals surface area contributed by atoms with Gasteiger partial charge in [0.05, 0.1) is 6.26 Å². The van der Waals surface area contributed by atoms with E-state index >= 15 is 0 Å². The third kappa shape index (κ3) is 0.942. The zero-order chi connectivity index (χ0) is 7.84. The fourth-order valence-corrected chi connectivity index (χ4v) is 1.31. The third-order valence-corrected chi connectivity index (χ3v) is 2.24. The quantitative estimate of drug-likeness (QED) is 0.438. The molecule has 0 radical (unpaired) electrons. The molecule has 1 aliphatic rings. The van der Waals surface area contributed by atoms with E-state index in [0.29, 0.717) is 0 Å². The molecule has 0 spiro atoms. The van der Waals surface area contributed by atoms with Crippen molar-refractivity contribution < 1.29 is 4.42 Å². The molecule has 11 heavy (non-hydrogen) atoms. The fraction of sp³-hybridized carbons (Fsp3) is 0.250. The molecule has 0 aromatic carbocycles. The number of alkyl halides is 1. The first-order chi connectivity index (χ1) is 5.29. The number of hydrogen-bond donors (Lipinski definition) is 0. The highest BCUT2D eigenvalue weighted by Gasteiger charge is 2.18.